The van der Waals surface area contributed by atoms with Crippen molar-refractivity contribution in [1.82, 2.24) is 0 Å². The summed E-state index contributed by atoms with van der Waals surface area (Å²) in [6.45, 7) is 0. The lowest BCUT2D eigenvalue weighted by Crippen LogP contribution is -1.94. The van der Waals surface area contributed by atoms with Crippen LogP contribution in [-0.4, -0.2) is 8.42 Å². The highest BCUT2D eigenvalue weighted by atomic mass is 35.7. The fourth-order valence-corrected chi connectivity index (χ4v) is 3.83. The molecule has 5 heteroatoms. The summed E-state index contributed by atoms with van der Waals surface area (Å²) in [5.41, 5.74) is 1.83. The molecule has 1 aromatic heterocycles. The highest BCUT2D eigenvalue weighted by Crippen LogP contribution is 2.27. The Balaban J connectivity index is 2.34. The summed E-state index contributed by atoms with van der Waals surface area (Å²) >= 11 is 1.16. The third-order valence-corrected chi connectivity index (χ3v) is 5.30. The number of halogens is 1. The summed E-state index contributed by atoms with van der Waals surface area (Å²) in [4.78, 5) is 0. The van der Waals surface area contributed by atoms with E-state index < -0.39 is 9.05 Å². The van der Waals surface area contributed by atoms with E-state index in [1.807, 2.05) is 30.3 Å². The molecule has 0 radical (unpaired) electrons. The van der Waals surface area contributed by atoms with Crippen LogP contribution in [0.25, 0.3) is 0 Å². The Morgan fingerprint density at radius 1 is 1.12 bits per heavy atom. The molecule has 2 aromatic rings. The number of hydrogen-bond acceptors (Lipinski definition) is 3. The van der Waals surface area contributed by atoms with Gasteiger partial charge in [0.2, 0.25) is 0 Å². The highest BCUT2D eigenvalue weighted by Gasteiger charge is 2.17. The van der Waals surface area contributed by atoms with Crippen LogP contribution in [0.15, 0.2) is 46.0 Å². The largest absolute Gasteiger partial charge is 0.271 e. The second-order valence-corrected chi connectivity index (χ2v) is 7.01. The zero-order valence-electron chi connectivity index (χ0n) is 8.26. The molecule has 0 bridgehead atoms. The Hall–Kier alpha value is -0.840. The molecule has 0 unspecified atom stereocenters. The predicted molar refractivity (Wildman–Crippen MR) is 66.6 cm³/mol. The Morgan fingerprint density at radius 3 is 2.44 bits per heavy atom. The van der Waals surface area contributed by atoms with Crippen molar-refractivity contribution in [3.8, 4) is 0 Å². The minimum absolute atomic E-state index is 0.248. The van der Waals surface area contributed by atoms with Crippen LogP contribution in [0.1, 0.15) is 11.1 Å². The monoisotopic (exact) mass is 272 g/mol. The van der Waals surface area contributed by atoms with E-state index >= 15 is 0 Å². The summed E-state index contributed by atoms with van der Waals surface area (Å²) in [5.74, 6) is 0. The quantitative estimate of drug-likeness (QED) is 0.804. The summed E-state index contributed by atoms with van der Waals surface area (Å²) < 4.78 is 22.8. The second-order valence-electron chi connectivity index (χ2n) is 3.33. The van der Waals surface area contributed by atoms with Gasteiger partial charge in [0.25, 0.3) is 9.05 Å². The average molecular weight is 273 g/mol. The fourth-order valence-electron chi connectivity index (χ4n) is 1.48. The molecule has 16 heavy (non-hydrogen) atoms. The van der Waals surface area contributed by atoms with Gasteiger partial charge in [-0.1, -0.05) is 30.3 Å². The number of thiophene rings is 1. The van der Waals surface area contributed by atoms with E-state index in [-0.39, 0.29) is 4.21 Å². The third kappa shape index (κ3) is 2.64. The topological polar surface area (TPSA) is 34.1 Å². The normalized spacial score (nSPS) is 11.6. The Morgan fingerprint density at radius 2 is 1.81 bits per heavy atom. The molecule has 0 amide bonds. The van der Waals surface area contributed by atoms with Gasteiger partial charge < -0.3 is 0 Å². The molecule has 0 aliphatic rings. The molecule has 1 heterocycles. The molecular formula is C11H9ClO2S2. The van der Waals surface area contributed by atoms with Crippen molar-refractivity contribution in [1.29, 1.82) is 0 Å². The van der Waals surface area contributed by atoms with Gasteiger partial charge in [0.15, 0.2) is 0 Å². The van der Waals surface area contributed by atoms with Crippen molar-refractivity contribution < 1.29 is 8.42 Å². The van der Waals surface area contributed by atoms with Crippen LogP contribution >= 0.6 is 22.0 Å². The van der Waals surface area contributed by atoms with E-state index in [1.54, 1.807) is 11.4 Å². The molecule has 0 aliphatic carbocycles. The van der Waals surface area contributed by atoms with Crippen molar-refractivity contribution in [2.24, 2.45) is 0 Å². The number of benzene rings is 1. The SMILES string of the molecule is O=S(=O)(Cl)c1sccc1Cc1ccccc1. The Labute approximate surface area is 103 Å². The van der Waals surface area contributed by atoms with Crippen LogP contribution < -0.4 is 0 Å². The zero-order chi connectivity index (χ0) is 11.6. The lowest BCUT2D eigenvalue weighted by atomic mass is 10.1. The number of rotatable bonds is 3. The predicted octanol–water partition coefficient (Wildman–Crippen LogP) is 3.27. The second kappa shape index (κ2) is 4.57. The Bertz CT molecular complexity index is 573. The van der Waals surface area contributed by atoms with Gasteiger partial charge in [-0.3, -0.25) is 0 Å². The van der Waals surface area contributed by atoms with Gasteiger partial charge in [0, 0.05) is 10.7 Å². The van der Waals surface area contributed by atoms with E-state index in [0.29, 0.717) is 6.42 Å². The van der Waals surface area contributed by atoms with E-state index in [2.05, 4.69) is 0 Å². The molecule has 2 nitrogen and oxygen atoms in total. The minimum Gasteiger partial charge on any atom is -0.206 e. The molecule has 0 atom stereocenters. The van der Waals surface area contributed by atoms with Crippen LogP contribution in [0, 0.1) is 0 Å². The first kappa shape index (κ1) is 11.6. The van der Waals surface area contributed by atoms with Crippen LogP contribution in [0.4, 0.5) is 0 Å². The molecule has 0 N–H and O–H groups in total. The molecule has 2 rings (SSSR count). The highest BCUT2D eigenvalue weighted by molar-refractivity contribution is 8.15. The van der Waals surface area contributed by atoms with E-state index in [9.17, 15) is 8.42 Å². The third-order valence-electron chi connectivity index (χ3n) is 2.17. The number of hydrogen-bond donors (Lipinski definition) is 0. The minimum atomic E-state index is -3.62. The zero-order valence-corrected chi connectivity index (χ0v) is 10.6. The van der Waals surface area contributed by atoms with Gasteiger partial charge in [0.1, 0.15) is 4.21 Å². The fraction of sp³-hybridized carbons (Fsp3) is 0.0909. The van der Waals surface area contributed by atoms with Crippen molar-refractivity contribution in [3.05, 3.63) is 52.9 Å². The maximum absolute atomic E-state index is 11.3. The van der Waals surface area contributed by atoms with E-state index in [0.717, 1.165) is 22.5 Å². The van der Waals surface area contributed by atoms with Crippen LogP contribution in [0.2, 0.25) is 0 Å². The van der Waals surface area contributed by atoms with Crippen LogP contribution in [0.3, 0.4) is 0 Å². The first-order valence-electron chi connectivity index (χ1n) is 4.62. The lowest BCUT2D eigenvalue weighted by molar-refractivity contribution is 0.611. The molecule has 0 aliphatic heterocycles. The summed E-state index contributed by atoms with van der Waals surface area (Å²) in [5, 5.41) is 1.74. The molecule has 0 fully saturated rings. The summed E-state index contributed by atoms with van der Waals surface area (Å²) in [6.07, 6.45) is 0.589. The van der Waals surface area contributed by atoms with Crippen molar-refractivity contribution >= 4 is 31.1 Å². The Kier molecular flexibility index (Phi) is 3.33. The van der Waals surface area contributed by atoms with Crippen molar-refractivity contribution in [2.75, 3.05) is 0 Å². The molecule has 0 saturated carbocycles. The van der Waals surface area contributed by atoms with Gasteiger partial charge >= 0.3 is 0 Å². The maximum atomic E-state index is 11.3. The van der Waals surface area contributed by atoms with Crippen LogP contribution in [0.5, 0.6) is 0 Å². The van der Waals surface area contributed by atoms with Gasteiger partial charge in [0.05, 0.1) is 0 Å². The standard InChI is InChI=1S/C11H9ClO2S2/c12-16(13,14)11-10(6-7-15-11)8-9-4-2-1-3-5-9/h1-7H,8H2. The van der Waals surface area contributed by atoms with E-state index in [1.165, 1.54) is 0 Å². The van der Waals surface area contributed by atoms with Gasteiger partial charge in [-0.2, -0.15) is 0 Å². The molecule has 0 spiro atoms. The van der Waals surface area contributed by atoms with Gasteiger partial charge in [-0.15, -0.1) is 11.3 Å². The van der Waals surface area contributed by atoms with Gasteiger partial charge in [-0.05, 0) is 29.0 Å². The molecule has 84 valence electrons. The summed E-state index contributed by atoms with van der Waals surface area (Å²) in [7, 11) is 1.73. The smallest absolute Gasteiger partial charge is 0.206 e. The average Bonchev–Trinajstić information content (AvgIpc) is 2.67. The summed E-state index contributed by atoms with van der Waals surface area (Å²) in [6, 6.07) is 11.5. The maximum Gasteiger partial charge on any atom is 0.271 e. The molecule has 0 saturated heterocycles. The van der Waals surface area contributed by atoms with Crippen molar-refractivity contribution in [3.63, 3.8) is 0 Å². The van der Waals surface area contributed by atoms with Gasteiger partial charge in [-0.25, -0.2) is 8.42 Å². The van der Waals surface area contributed by atoms with Crippen LogP contribution in [-0.2, 0) is 15.5 Å². The first-order chi connectivity index (χ1) is 7.57. The first-order valence-corrected chi connectivity index (χ1v) is 7.81. The van der Waals surface area contributed by atoms with E-state index in [4.69, 9.17) is 10.7 Å². The lowest BCUT2D eigenvalue weighted by Gasteiger charge is -2.01. The molecular weight excluding hydrogens is 264 g/mol. The van der Waals surface area contributed by atoms with Crippen molar-refractivity contribution in [2.45, 2.75) is 10.6 Å². The molecule has 1 aromatic carbocycles.